The number of anilines is 1. The molecule has 0 spiro atoms. The van der Waals surface area contributed by atoms with Crippen molar-refractivity contribution in [1.82, 2.24) is 4.57 Å². The Morgan fingerprint density at radius 1 is 1.31 bits per heavy atom. The molecule has 136 valence electrons. The average molecular weight is 375 g/mol. The van der Waals surface area contributed by atoms with E-state index in [0.717, 1.165) is 5.56 Å². The van der Waals surface area contributed by atoms with Gasteiger partial charge in [0.25, 0.3) is 0 Å². The number of ether oxygens (including phenoxy) is 1. The average Bonchev–Trinajstić information content (AvgIpc) is 2.57. The van der Waals surface area contributed by atoms with E-state index in [-0.39, 0.29) is 23.6 Å². The molecule has 6 nitrogen and oxygen atoms in total. The lowest BCUT2D eigenvalue weighted by atomic mass is 9.98. The number of carboxylic acids is 1. The number of halogens is 1. The minimum atomic E-state index is -1.04. The maximum absolute atomic E-state index is 13.0. The highest BCUT2D eigenvalue weighted by atomic mass is 35.5. The van der Waals surface area contributed by atoms with Crippen LogP contribution in [0.2, 0.25) is 5.02 Å². The molecule has 0 saturated heterocycles. The summed E-state index contributed by atoms with van der Waals surface area (Å²) >= 11 is 6.21. The van der Waals surface area contributed by atoms with Crippen LogP contribution in [0.3, 0.4) is 0 Å². The van der Waals surface area contributed by atoms with Crippen molar-refractivity contribution in [2.75, 3.05) is 12.8 Å². The van der Waals surface area contributed by atoms with Crippen molar-refractivity contribution in [3.05, 3.63) is 45.1 Å². The van der Waals surface area contributed by atoms with Gasteiger partial charge in [0.2, 0.25) is 0 Å². The van der Waals surface area contributed by atoms with Gasteiger partial charge in [-0.25, -0.2) is 0 Å². The van der Waals surface area contributed by atoms with Crippen molar-refractivity contribution in [1.29, 1.82) is 0 Å². The lowest BCUT2D eigenvalue weighted by Gasteiger charge is -2.19. The molecule has 0 fully saturated rings. The van der Waals surface area contributed by atoms with Gasteiger partial charge in [0.15, 0.2) is 11.2 Å². The van der Waals surface area contributed by atoms with E-state index in [4.69, 9.17) is 22.1 Å². The zero-order valence-electron chi connectivity index (χ0n) is 14.7. The van der Waals surface area contributed by atoms with E-state index in [9.17, 15) is 14.7 Å². The van der Waals surface area contributed by atoms with E-state index < -0.39 is 5.97 Å². The van der Waals surface area contributed by atoms with Crippen LogP contribution in [0.4, 0.5) is 5.69 Å². The molecule has 0 aliphatic heterocycles. The van der Waals surface area contributed by atoms with Crippen molar-refractivity contribution in [2.45, 2.75) is 26.3 Å². The van der Waals surface area contributed by atoms with Gasteiger partial charge in [0, 0.05) is 11.1 Å². The van der Waals surface area contributed by atoms with Gasteiger partial charge in [-0.2, -0.15) is 0 Å². The number of carbonyl (C=O) groups is 1. The third-order valence-electron chi connectivity index (χ3n) is 4.45. The van der Waals surface area contributed by atoms with Crippen LogP contribution in [0.5, 0.6) is 5.75 Å². The monoisotopic (exact) mass is 374 g/mol. The van der Waals surface area contributed by atoms with Crippen LogP contribution in [0, 0.1) is 0 Å². The molecule has 26 heavy (non-hydrogen) atoms. The van der Waals surface area contributed by atoms with Gasteiger partial charge in [0.05, 0.1) is 28.6 Å². The lowest BCUT2D eigenvalue weighted by molar-refractivity contribution is -0.137. The predicted molar refractivity (Wildman–Crippen MR) is 103 cm³/mol. The summed E-state index contributed by atoms with van der Waals surface area (Å²) in [5.74, 6) is -0.654. The maximum Gasteiger partial charge on any atom is 0.323 e. The highest BCUT2D eigenvalue weighted by Gasteiger charge is 2.20. The largest absolute Gasteiger partial charge is 0.493 e. The molecule has 0 atom stereocenters. The Labute approximate surface area is 154 Å². The van der Waals surface area contributed by atoms with Gasteiger partial charge < -0.3 is 20.1 Å². The molecule has 3 N–H and O–H groups in total. The van der Waals surface area contributed by atoms with Crippen LogP contribution < -0.4 is 15.9 Å². The molecular formula is C19H19ClN2O4. The molecule has 1 aromatic heterocycles. The summed E-state index contributed by atoms with van der Waals surface area (Å²) in [7, 11) is 1.43. The standard InChI is InChI=1S/C19H19ClN2O4/c1-9(2)11-7-15-12(6-14(11)21)18(25)10-4-5-13(20)19(26-3)17(10)22(15)8-16(23)24/h4-7,9H,8,21H2,1-3H3,(H,23,24). The molecule has 7 heteroatoms. The Hall–Kier alpha value is -2.73. The Kier molecular flexibility index (Phi) is 4.54. The molecule has 2 aromatic carbocycles. The van der Waals surface area contributed by atoms with Crippen molar-refractivity contribution in [2.24, 2.45) is 0 Å². The fraction of sp³-hybridized carbons (Fsp3) is 0.263. The fourth-order valence-corrected chi connectivity index (χ4v) is 3.51. The highest BCUT2D eigenvalue weighted by Crippen LogP contribution is 2.35. The Bertz CT molecular complexity index is 1100. The first-order valence-corrected chi connectivity index (χ1v) is 8.48. The Balaban J connectivity index is 2.63. The van der Waals surface area contributed by atoms with Crippen LogP contribution in [0.15, 0.2) is 29.1 Å². The molecule has 0 saturated carbocycles. The molecule has 1 heterocycles. The van der Waals surface area contributed by atoms with Crippen LogP contribution in [-0.4, -0.2) is 22.8 Å². The number of fused-ring (bicyclic) bond motifs is 2. The second-order valence-corrected chi connectivity index (χ2v) is 6.85. The number of rotatable bonds is 4. The fourth-order valence-electron chi connectivity index (χ4n) is 3.28. The second kappa shape index (κ2) is 6.53. The third kappa shape index (κ3) is 2.76. The zero-order valence-corrected chi connectivity index (χ0v) is 15.4. The summed E-state index contributed by atoms with van der Waals surface area (Å²) in [5, 5.41) is 10.4. The number of pyridine rings is 1. The van der Waals surface area contributed by atoms with Gasteiger partial charge in [-0.05, 0) is 35.7 Å². The number of nitrogens with zero attached hydrogens (tertiary/aromatic N) is 1. The van der Waals surface area contributed by atoms with Crippen molar-refractivity contribution < 1.29 is 14.6 Å². The third-order valence-corrected chi connectivity index (χ3v) is 4.75. The first kappa shape index (κ1) is 18.1. The summed E-state index contributed by atoms with van der Waals surface area (Å²) in [4.78, 5) is 24.5. The summed E-state index contributed by atoms with van der Waals surface area (Å²) < 4.78 is 6.92. The number of nitrogens with two attached hydrogens (primary N) is 1. The summed E-state index contributed by atoms with van der Waals surface area (Å²) in [6, 6.07) is 6.53. The Morgan fingerprint density at radius 2 is 2.00 bits per heavy atom. The van der Waals surface area contributed by atoms with E-state index in [1.54, 1.807) is 28.8 Å². The minimum absolute atomic E-state index is 0.115. The minimum Gasteiger partial charge on any atom is -0.493 e. The smallest absolute Gasteiger partial charge is 0.323 e. The predicted octanol–water partition coefficient (Wildman–Crippen LogP) is 3.61. The molecule has 0 radical (unpaired) electrons. The zero-order chi connectivity index (χ0) is 19.2. The molecule has 0 amide bonds. The summed E-state index contributed by atoms with van der Waals surface area (Å²) in [6.07, 6.45) is 0. The number of nitrogen functional groups attached to an aromatic ring is 1. The molecule has 0 aliphatic carbocycles. The number of methoxy groups -OCH3 is 1. The number of hydrogen-bond donors (Lipinski definition) is 2. The van der Waals surface area contributed by atoms with Gasteiger partial charge in [-0.3, -0.25) is 9.59 Å². The van der Waals surface area contributed by atoms with E-state index >= 15 is 0 Å². The van der Waals surface area contributed by atoms with Crippen LogP contribution in [0.1, 0.15) is 25.3 Å². The van der Waals surface area contributed by atoms with Crippen molar-refractivity contribution in [3.63, 3.8) is 0 Å². The molecule has 0 unspecified atom stereocenters. The molecule has 3 rings (SSSR count). The first-order valence-electron chi connectivity index (χ1n) is 8.10. The topological polar surface area (TPSA) is 94.5 Å². The first-order chi connectivity index (χ1) is 12.3. The quantitative estimate of drug-likeness (QED) is 0.537. The van der Waals surface area contributed by atoms with Crippen molar-refractivity contribution in [3.8, 4) is 5.75 Å². The SMILES string of the molecule is COc1c(Cl)ccc2c(=O)c3cc(N)c(C(C)C)cc3n(CC(=O)O)c12. The molecule has 3 aromatic rings. The second-order valence-electron chi connectivity index (χ2n) is 6.44. The van der Waals surface area contributed by atoms with E-state index in [1.165, 1.54) is 7.11 Å². The number of benzene rings is 2. The highest BCUT2D eigenvalue weighted by molar-refractivity contribution is 6.33. The maximum atomic E-state index is 13.0. The number of carboxylic acid groups (broad SMARTS) is 1. The number of aromatic nitrogens is 1. The van der Waals surface area contributed by atoms with Crippen LogP contribution in [0.25, 0.3) is 21.8 Å². The van der Waals surface area contributed by atoms with E-state index in [0.29, 0.717) is 32.5 Å². The van der Waals surface area contributed by atoms with Crippen LogP contribution >= 0.6 is 11.6 Å². The molecular weight excluding hydrogens is 356 g/mol. The van der Waals surface area contributed by atoms with Crippen LogP contribution in [-0.2, 0) is 11.3 Å². The van der Waals surface area contributed by atoms with E-state index in [2.05, 4.69) is 0 Å². The number of aliphatic carboxylic acids is 1. The van der Waals surface area contributed by atoms with Gasteiger partial charge in [-0.15, -0.1) is 0 Å². The normalized spacial score (nSPS) is 11.4. The van der Waals surface area contributed by atoms with Gasteiger partial charge in [-0.1, -0.05) is 25.4 Å². The van der Waals surface area contributed by atoms with Gasteiger partial charge >= 0.3 is 5.97 Å². The summed E-state index contributed by atoms with van der Waals surface area (Å²) in [6.45, 7) is 3.62. The van der Waals surface area contributed by atoms with E-state index in [1.807, 2.05) is 13.8 Å². The molecule has 0 aliphatic rings. The van der Waals surface area contributed by atoms with Crippen molar-refractivity contribution >= 4 is 45.1 Å². The van der Waals surface area contributed by atoms with Gasteiger partial charge in [0.1, 0.15) is 6.54 Å². The molecule has 0 bridgehead atoms. The lowest BCUT2D eigenvalue weighted by Crippen LogP contribution is -2.17. The number of hydrogen-bond acceptors (Lipinski definition) is 4. The summed E-state index contributed by atoms with van der Waals surface area (Å²) in [5.41, 5.74) is 8.08. The Morgan fingerprint density at radius 3 is 2.58 bits per heavy atom.